The molecule has 0 spiro atoms. The van der Waals surface area contributed by atoms with E-state index < -0.39 is 5.97 Å². The normalized spacial score (nSPS) is 11.4. The molecule has 0 saturated carbocycles. The van der Waals surface area contributed by atoms with Gasteiger partial charge in [0.2, 0.25) is 0 Å². The van der Waals surface area contributed by atoms with Gasteiger partial charge in [-0.25, -0.2) is 4.98 Å². The van der Waals surface area contributed by atoms with Gasteiger partial charge in [0.05, 0.1) is 17.2 Å². The predicted molar refractivity (Wildman–Crippen MR) is 106 cm³/mol. The van der Waals surface area contributed by atoms with Gasteiger partial charge >= 0.3 is 5.97 Å². The molecule has 0 amide bonds. The molecule has 0 aliphatic rings. The van der Waals surface area contributed by atoms with Crippen LogP contribution in [0.4, 0.5) is 0 Å². The molecule has 0 N–H and O–H groups in total. The molecule has 0 saturated heterocycles. The van der Waals surface area contributed by atoms with Crippen LogP contribution in [0.1, 0.15) is 36.7 Å². The first-order valence-corrected chi connectivity index (χ1v) is 8.99. The number of benzene rings is 2. The largest absolute Gasteiger partial charge is 0.456 e. The van der Waals surface area contributed by atoms with Crippen LogP contribution in [0.15, 0.2) is 59.7 Å². The van der Waals surface area contributed by atoms with E-state index in [1.807, 2.05) is 12.1 Å². The minimum Gasteiger partial charge on any atom is -0.456 e. The van der Waals surface area contributed by atoms with Crippen molar-refractivity contribution in [3.63, 3.8) is 0 Å². The number of fused-ring (bicyclic) bond motifs is 1. The van der Waals surface area contributed by atoms with E-state index in [0.717, 1.165) is 5.56 Å². The third-order valence-corrected chi connectivity index (χ3v) is 4.47. The van der Waals surface area contributed by atoms with Crippen LogP contribution in [0, 0.1) is 0 Å². The van der Waals surface area contributed by atoms with E-state index in [2.05, 4.69) is 25.8 Å². The Labute approximate surface area is 162 Å². The van der Waals surface area contributed by atoms with Crippen LogP contribution >= 0.6 is 0 Å². The number of Topliss-reactive ketones (excluding diaryl/α,β-unsaturated/α-hetero) is 1. The van der Waals surface area contributed by atoms with Crippen molar-refractivity contribution in [1.82, 2.24) is 9.55 Å². The molecule has 3 aromatic rings. The maximum Gasteiger partial charge on any atom is 0.326 e. The van der Waals surface area contributed by atoms with Gasteiger partial charge in [-0.1, -0.05) is 57.2 Å². The van der Waals surface area contributed by atoms with Gasteiger partial charge in [-0.2, -0.15) is 0 Å². The fourth-order valence-corrected chi connectivity index (χ4v) is 2.79. The van der Waals surface area contributed by atoms with Gasteiger partial charge in [0.25, 0.3) is 5.56 Å². The molecule has 6 heteroatoms. The molecule has 0 radical (unpaired) electrons. The Hall–Kier alpha value is -3.28. The van der Waals surface area contributed by atoms with Crippen molar-refractivity contribution in [1.29, 1.82) is 0 Å². The first-order chi connectivity index (χ1) is 13.3. The Kier molecular flexibility index (Phi) is 5.40. The number of carbonyl (C=O) groups is 2. The lowest BCUT2D eigenvalue weighted by Crippen LogP contribution is -2.26. The van der Waals surface area contributed by atoms with E-state index in [-0.39, 0.29) is 29.9 Å². The summed E-state index contributed by atoms with van der Waals surface area (Å²) in [4.78, 5) is 40.8. The fraction of sp³-hybridized carbons (Fsp3) is 0.273. The predicted octanol–water partition coefficient (Wildman–Crippen LogP) is 3.12. The molecule has 1 heterocycles. The van der Waals surface area contributed by atoms with Crippen molar-refractivity contribution in [2.24, 2.45) is 0 Å². The second-order valence-corrected chi connectivity index (χ2v) is 7.61. The maximum absolute atomic E-state index is 12.4. The molecule has 0 atom stereocenters. The molecule has 0 fully saturated rings. The van der Waals surface area contributed by atoms with E-state index in [1.165, 1.54) is 10.9 Å². The lowest BCUT2D eigenvalue weighted by molar-refractivity contribution is -0.143. The molecule has 0 unspecified atom stereocenters. The van der Waals surface area contributed by atoms with Crippen molar-refractivity contribution >= 4 is 22.7 Å². The Morgan fingerprint density at radius 2 is 1.71 bits per heavy atom. The van der Waals surface area contributed by atoms with Crippen LogP contribution in [-0.4, -0.2) is 27.9 Å². The first kappa shape index (κ1) is 19.5. The quantitative estimate of drug-likeness (QED) is 0.503. The molecule has 1 aromatic heterocycles. The van der Waals surface area contributed by atoms with Crippen molar-refractivity contribution in [3.8, 4) is 0 Å². The molecule has 6 nitrogen and oxygen atoms in total. The summed E-state index contributed by atoms with van der Waals surface area (Å²) in [6.07, 6.45) is 1.30. The number of esters is 1. The van der Waals surface area contributed by atoms with Crippen molar-refractivity contribution in [2.45, 2.75) is 32.7 Å². The number of para-hydroxylation sites is 1. The molecule has 144 valence electrons. The SMILES string of the molecule is CC(C)(C)c1ccc(C(=O)COC(=O)Cn2cnc3ccccc3c2=O)cc1. The molecule has 0 aliphatic heterocycles. The Bertz CT molecular complexity index is 1080. The molecule has 2 aromatic carbocycles. The minimum absolute atomic E-state index is 0.00477. The average Bonchev–Trinajstić information content (AvgIpc) is 2.68. The Morgan fingerprint density at radius 3 is 2.39 bits per heavy atom. The van der Waals surface area contributed by atoms with Gasteiger partial charge in [-0.3, -0.25) is 19.0 Å². The van der Waals surface area contributed by atoms with E-state index >= 15 is 0 Å². The van der Waals surface area contributed by atoms with Crippen LogP contribution in [0.25, 0.3) is 10.9 Å². The molecule has 3 rings (SSSR count). The smallest absolute Gasteiger partial charge is 0.326 e. The first-order valence-electron chi connectivity index (χ1n) is 8.99. The second kappa shape index (κ2) is 7.76. The van der Waals surface area contributed by atoms with Crippen LogP contribution in [0.2, 0.25) is 0 Å². The number of nitrogens with zero attached hydrogens (tertiary/aromatic N) is 2. The number of ether oxygens (including phenoxy) is 1. The molecular formula is C22H22N2O4. The summed E-state index contributed by atoms with van der Waals surface area (Å²) in [6.45, 7) is 5.61. The van der Waals surface area contributed by atoms with Crippen LogP contribution in [-0.2, 0) is 21.5 Å². The van der Waals surface area contributed by atoms with Crippen LogP contribution in [0.5, 0.6) is 0 Å². The second-order valence-electron chi connectivity index (χ2n) is 7.61. The zero-order valence-electron chi connectivity index (χ0n) is 16.1. The lowest BCUT2D eigenvalue weighted by atomic mass is 9.86. The fourth-order valence-electron chi connectivity index (χ4n) is 2.79. The highest BCUT2D eigenvalue weighted by Gasteiger charge is 2.16. The Balaban J connectivity index is 1.62. The summed E-state index contributed by atoms with van der Waals surface area (Å²) in [5, 5.41) is 0.424. The maximum atomic E-state index is 12.4. The number of aromatic nitrogens is 2. The van der Waals surface area contributed by atoms with Crippen molar-refractivity contribution in [2.75, 3.05) is 6.61 Å². The third-order valence-electron chi connectivity index (χ3n) is 4.47. The van der Waals surface area contributed by atoms with Gasteiger partial charge in [-0.15, -0.1) is 0 Å². The Morgan fingerprint density at radius 1 is 1.04 bits per heavy atom. The highest BCUT2D eigenvalue weighted by molar-refractivity contribution is 5.98. The highest BCUT2D eigenvalue weighted by Crippen LogP contribution is 2.22. The number of rotatable bonds is 5. The van der Waals surface area contributed by atoms with E-state index in [4.69, 9.17) is 4.74 Å². The topological polar surface area (TPSA) is 78.3 Å². The van der Waals surface area contributed by atoms with Crippen molar-refractivity contribution in [3.05, 3.63) is 76.3 Å². The summed E-state index contributed by atoms with van der Waals surface area (Å²) >= 11 is 0. The van der Waals surface area contributed by atoms with Crippen molar-refractivity contribution < 1.29 is 14.3 Å². The summed E-state index contributed by atoms with van der Waals surface area (Å²) in [6, 6.07) is 14.2. The summed E-state index contributed by atoms with van der Waals surface area (Å²) in [5.74, 6) is -0.961. The number of ketones is 1. The third kappa shape index (κ3) is 4.34. The summed E-state index contributed by atoms with van der Waals surface area (Å²) < 4.78 is 6.22. The highest BCUT2D eigenvalue weighted by atomic mass is 16.5. The van der Waals surface area contributed by atoms with Gasteiger partial charge in [0.1, 0.15) is 6.54 Å². The molecule has 0 bridgehead atoms. The molecule has 28 heavy (non-hydrogen) atoms. The molecular weight excluding hydrogens is 356 g/mol. The van der Waals surface area contributed by atoms with Gasteiger partial charge in [-0.05, 0) is 23.1 Å². The standard InChI is InChI=1S/C22H22N2O4/c1-22(2,3)16-10-8-15(9-11-16)19(25)13-28-20(26)12-24-14-23-18-7-5-4-6-17(18)21(24)27/h4-11,14H,12-13H2,1-3H3. The van der Waals surface area contributed by atoms with Crippen LogP contribution < -0.4 is 5.56 Å². The number of carbonyl (C=O) groups excluding carboxylic acids is 2. The monoisotopic (exact) mass is 378 g/mol. The van der Waals surface area contributed by atoms with Gasteiger partial charge < -0.3 is 4.74 Å². The number of hydrogen-bond acceptors (Lipinski definition) is 5. The van der Waals surface area contributed by atoms with Crippen LogP contribution in [0.3, 0.4) is 0 Å². The van der Waals surface area contributed by atoms with Gasteiger partial charge in [0, 0.05) is 5.56 Å². The lowest BCUT2D eigenvalue weighted by Gasteiger charge is -2.18. The summed E-state index contributed by atoms with van der Waals surface area (Å²) in [5.41, 5.74) is 1.82. The average molecular weight is 378 g/mol. The molecule has 0 aliphatic carbocycles. The van der Waals surface area contributed by atoms with E-state index in [9.17, 15) is 14.4 Å². The zero-order valence-corrected chi connectivity index (χ0v) is 16.1. The minimum atomic E-state index is -0.668. The number of hydrogen-bond donors (Lipinski definition) is 0. The zero-order chi connectivity index (χ0) is 20.3. The summed E-state index contributed by atoms with van der Waals surface area (Å²) in [7, 11) is 0. The van der Waals surface area contributed by atoms with Gasteiger partial charge in [0.15, 0.2) is 12.4 Å². The van der Waals surface area contributed by atoms with E-state index in [0.29, 0.717) is 16.5 Å². The van der Waals surface area contributed by atoms with E-state index in [1.54, 1.807) is 36.4 Å².